The predicted molar refractivity (Wildman–Crippen MR) is 69.3 cm³/mol. The van der Waals surface area contributed by atoms with Gasteiger partial charge in [0.05, 0.1) is 18.4 Å². The number of carbonyl (C=O) groups is 2. The fraction of sp³-hybridized carbons (Fsp3) is 0.385. The van der Waals surface area contributed by atoms with Crippen LogP contribution in [-0.4, -0.2) is 36.9 Å². The molecule has 1 heterocycles. The van der Waals surface area contributed by atoms with Crippen LogP contribution in [0.5, 0.6) is 0 Å². The van der Waals surface area contributed by atoms with E-state index in [0.29, 0.717) is 0 Å². The second-order valence-electron chi connectivity index (χ2n) is 4.41. The van der Waals surface area contributed by atoms with Crippen LogP contribution in [0.3, 0.4) is 0 Å². The normalized spacial score (nSPS) is 13.8. The van der Waals surface area contributed by atoms with Crippen molar-refractivity contribution >= 4 is 23.1 Å². The van der Waals surface area contributed by atoms with Gasteiger partial charge in [0.2, 0.25) is 0 Å². The zero-order valence-corrected chi connectivity index (χ0v) is 12.6. The molecule has 11 heteroatoms. The highest BCUT2D eigenvalue weighted by atomic mass is 32.1. The van der Waals surface area contributed by atoms with Gasteiger partial charge in [-0.05, 0) is 17.5 Å². The zero-order chi connectivity index (χ0) is 18.8. The molecule has 0 radical (unpaired) electrons. The van der Waals surface area contributed by atoms with Crippen LogP contribution in [-0.2, 0) is 9.53 Å². The minimum atomic E-state index is -6.59. The molecule has 0 N–H and O–H groups in total. The van der Waals surface area contributed by atoms with Gasteiger partial charge in [-0.3, -0.25) is 9.59 Å². The average Bonchev–Trinajstić information content (AvgIpc) is 2.99. The van der Waals surface area contributed by atoms with Gasteiger partial charge in [-0.2, -0.15) is 30.7 Å². The number of methoxy groups -OCH3 is 1. The minimum Gasteiger partial charge on any atom is -0.469 e. The van der Waals surface area contributed by atoms with Crippen molar-refractivity contribution in [2.45, 2.75) is 24.4 Å². The van der Waals surface area contributed by atoms with Gasteiger partial charge in [0.1, 0.15) is 0 Å². The van der Waals surface area contributed by atoms with Gasteiger partial charge in [0.15, 0.2) is 5.78 Å². The smallest absolute Gasteiger partial charge is 0.460 e. The Morgan fingerprint density at radius 3 is 2.17 bits per heavy atom. The second kappa shape index (κ2) is 6.91. The summed E-state index contributed by atoms with van der Waals surface area (Å²) < 4.78 is 94.6. The number of ketones is 1. The van der Waals surface area contributed by atoms with Crippen molar-refractivity contribution < 1.29 is 45.1 Å². The number of thiophene rings is 1. The van der Waals surface area contributed by atoms with Crippen molar-refractivity contribution in [2.75, 3.05) is 7.11 Å². The Labute approximate surface area is 134 Å². The van der Waals surface area contributed by atoms with Crippen LogP contribution < -0.4 is 0 Å². The number of hydrogen-bond acceptors (Lipinski definition) is 4. The van der Waals surface area contributed by atoms with Crippen LogP contribution >= 0.6 is 11.3 Å². The fourth-order valence-corrected chi connectivity index (χ4v) is 2.14. The summed E-state index contributed by atoms with van der Waals surface area (Å²) in [5, 5.41) is 1.36. The first-order valence-electron chi connectivity index (χ1n) is 6.02. The first-order valence-corrected chi connectivity index (χ1v) is 6.90. The fourth-order valence-electron chi connectivity index (χ4n) is 1.51. The van der Waals surface area contributed by atoms with E-state index in [9.17, 15) is 40.3 Å². The Morgan fingerprint density at radius 2 is 1.75 bits per heavy atom. The van der Waals surface area contributed by atoms with Gasteiger partial charge >= 0.3 is 24.0 Å². The van der Waals surface area contributed by atoms with Crippen molar-refractivity contribution in [2.24, 2.45) is 0 Å². The number of alkyl halides is 7. The molecule has 0 bridgehead atoms. The third-order valence-corrected chi connectivity index (χ3v) is 3.67. The molecule has 1 aromatic heterocycles. The maximum atomic E-state index is 13.8. The van der Waals surface area contributed by atoms with E-state index in [4.69, 9.17) is 0 Å². The first-order chi connectivity index (χ1) is 10.8. The lowest BCUT2D eigenvalue weighted by Crippen LogP contribution is -2.53. The molecular formula is C13H9F7O3S. The van der Waals surface area contributed by atoms with Crippen LogP contribution in [0.1, 0.15) is 16.1 Å². The Hall–Kier alpha value is -1.91. The van der Waals surface area contributed by atoms with Gasteiger partial charge in [0.25, 0.3) is 0 Å². The molecule has 3 nitrogen and oxygen atoms in total. The highest BCUT2D eigenvalue weighted by molar-refractivity contribution is 7.12. The SMILES string of the molecule is COC(=O)C/C(=C\C(=O)c1cccs1)C(F)(F)C(F)(F)C(F)(F)F. The summed E-state index contributed by atoms with van der Waals surface area (Å²) in [6, 6.07) is 2.49. The summed E-state index contributed by atoms with van der Waals surface area (Å²) in [7, 11) is 0.723. The molecule has 1 rings (SSSR count). The summed E-state index contributed by atoms with van der Waals surface area (Å²) in [6.45, 7) is 0. The predicted octanol–water partition coefficient (Wildman–Crippen LogP) is 4.25. The average molecular weight is 378 g/mol. The Kier molecular flexibility index (Phi) is 5.80. The maximum absolute atomic E-state index is 13.8. The van der Waals surface area contributed by atoms with Gasteiger partial charge in [-0.1, -0.05) is 6.07 Å². The maximum Gasteiger partial charge on any atom is 0.460 e. The molecular weight excluding hydrogens is 369 g/mol. The molecule has 0 aliphatic carbocycles. The number of carbonyl (C=O) groups excluding carboxylic acids is 2. The summed E-state index contributed by atoms with van der Waals surface area (Å²) in [5.41, 5.74) is -1.99. The number of esters is 1. The highest BCUT2D eigenvalue weighted by Gasteiger charge is 2.74. The van der Waals surface area contributed by atoms with E-state index in [1.165, 1.54) is 11.4 Å². The quantitative estimate of drug-likeness (QED) is 0.322. The molecule has 1 aromatic rings. The molecule has 0 aliphatic rings. The standard InChI is InChI=1S/C13H9F7O3S/c1-23-10(22)6-7(5-8(21)9-3-2-4-24-9)11(14,15)12(16,17)13(18,19)20/h2-5H,6H2,1H3/b7-5+. The third-order valence-electron chi connectivity index (χ3n) is 2.79. The van der Waals surface area contributed by atoms with Crippen LogP contribution in [0.4, 0.5) is 30.7 Å². The van der Waals surface area contributed by atoms with Gasteiger partial charge in [0, 0.05) is 5.57 Å². The molecule has 0 aromatic carbocycles. The van der Waals surface area contributed by atoms with Crippen LogP contribution in [0, 0.1) is 0 Å². The summed E-state index contributed by atoms with van der Waals surface area (Å²) in [6.07, 6.45) is -8.29. The van der Waals surface area contributed by atoms with E-state index < -0.39 is 41.8 Å². The van der Waals surface area contributed by atoms with Crippen molar-refractivity contribution in [1.82, 2.24) is 0 Å². The molecule has 134 valence electrons. The zero-order valence-electron chi connectivity index (χ0n) is 11.8. The molecule has 0 amide bonds. The minimum absolute atomic E-state index is 0.0948. The van der Waals surface area contributed by atoms with E-state index in [1.54, 1.807) is 0 Å². The van der Waals surface area contributed by atoms with Crippen molar-refractivity contribution in [3.8, 4) is 0 Å². The van der Waals surface area contributed by atoms with Crippen LogP contribution in [0.15, 0.2) is 29.2 Å². The molecule has 0 saturated carbocycles. The second-order valence-corrected chi connectivity index (χ2v) is 5.36. The lowest BCUT2D eigenvalue weighted by molar-refractivity contribution is -0.344. The number of allylic oxidation sites excluding steroid dienone is 1. The molecule has 0 aliphatic heterocycles. The monoisotopic (exact) mass is 378 g/mol. The summed E-state index contributed by atoms with van der Waals surface area (Å²) in [4.78, 5) is 22.6. The van der Waals surface area contributed by atoms with E-state index in [0.717, 1.165) is 24.5 Å². The van der Waals surface area contributed by atoms with Gasteiger partial charge in [-0.15, -0.1) is 11.3 Å². The summed E-state index contributed by atoms with van der Waals surface area (Å²) >= 11 is 0.756. The molecule has 0 unspecified atom stereocenters. The molecule has 0 fully saturated rings. The Morgan fingerprint density at radius 1 is 1.17 bits per heavy atom. The van der Waals surface area contributed by atoms with Gasteiger partial charge < -0.3 is 4.74 Å². The van der Waals surface area contributed by atoms with E-state index in [1.807, 2.05) is 0 Å². The molecule has 0 spiro atoms. The number of rotatable bonds is 6. The Balaban J connectivity index is 3.37. The van der Waals surface area contributed by atoms with Crippen molar-refractivity contribution in [3.63, 3.8) is 0 Å². The first kappa shape index (κ1) is 20.1. The van der Waals surface area contributed by atoms with E-state index in [2.05, 4.69) is 4.74 Å². The van der Waals surface area contributed by atoms with Gasteiger partial charge in [-0.25, -0.2) is 0 Å². The number of halogens is 7. The lowest BCUT2D eigenvalue weighted by Gasteiger charge is -2.29. The van der Waals surface area contributed by atoms with Crippen molar-refractivity contribution in [3.05, 3.63) is 34.0 Å². The Bertz CT molecular complexity index is 632. The summed E-state index contributed by atoms with van der Waals surface area (Å²) in [5.74, 6) is -15.0. The lowest BCUT2D eigenvalue weighted by atomic mass is 9.97. The van der Waals surface area contributed by atoms with Crippen molar-refractivity contribution in [1.29, 1.82) is 0 Å². The molecule has 24 heavy (non-hydrogen) atoms. The third kappa shape index (κ3) is 3.94. The van der Waals surface area contributed by atoms with Crippen LogP contribution in [0.2, 0.25) is 0 Å². The number of hydrogen-bond donors (Lipinski definition) is 0. The molecule has 0 saturated heterocycles. The van der Waals surface area contributed by atoms with Crippen LogP contribution in [0.25, 0.3) is 0 Å². The molecule has 0 atom stereocenters. The highest BCUT2D eigenvalue weighted by Crippen LogP contribution is 2.50. The number of ether oxygens (including phenoxy) is 1. The largest absolute Gasteiger partial charge is 0.469 e. The van der Waals surface area contributed by atoms with E-state index >= 15 is 0 Å². The van der Waals surface area contributed by atoms with E-state index in [-0.39, 0.29) is 11.0 Å². The topological polar surface area (TPSA) is 43.4 Å².